The van der Waals surface area contributed by atoms with E-state index in [0.717, 1.165) is 11.8 Å². The fourth-order valence-corrected chi connectivity index (χ4v) is 3.70. The zero-order valence-corrected chi connectivity index (χ0v) is 11.1. The largest absolute Gasteiger partial charge is 0.319 e. The molecule has 0 aromatic carbocycles. The molecule has 1 aliphatic rings. The Morgan fingerprint density at radius 2 is 2.25 bits per heavy atom. The quantitative estimate of drug-likeness (QED) is 0.795. The lowest BCUT2D eigenvalue weighted by Gasteiger charge is -2.22. The van der Waals surface area contributed by atoms with Crippen LogP contribution in [0, 0.1) is 11.8 Å². The van der Waals surface area contributed by atoms with E-state index in [-0.39, 0.29) is 0 Å². The molecule has 0 spiro atoms. The van der Waals surface area contributed by atoms with Crippen molar-refractivity contribution in [1.82, 2.24) is 5.32 Å². The molecule has 90 valence electrons. The maximum Gasteiger partial charge on any atom is 0.00453 e. The van der Waals surface area contributed by atoms with Crippen molar-refractivity contribution < 1.29 is 0 Å². The summed E-state index contributed by atoms with van der Waals surface area (Å²) >= 11 is 1.91. The Kier molecular flexibility index (Phi) is 4.86. The molecule has 2 heteroatoms. The molecule has 1 N–H and O–H groups in total. The second-order valence-electron chi connectivity index (χ2n) is 4.98. The van der Waals surface area contributed by atoms with E-state index in [1.54, 1.807) is 4.88 Å². The van der Waals surface area contributed by atoms with Crippen LogP contribution in [0.3, 0.4) is 0 Å². The summed E-state index contributed by atoms with van der Waals surface area (Å²) in [6.07, 6.45) is 8.51. The highest BCUT2D eigenvalue weighted by Crippen LogP contribution is 2.33. The maximum atomic E-state index is 3.38. The SMILES string of the molecule is CNCC(CCc1cccs1)C1CCCC1. The van der Waals surface area contributed by atoms with Crippen LogP contribution in [-0.2, 0) is 6.42 Å². The highest BCUT2D eigenvalue weighted by atomic mass is 32.1. The molecule has 0 aliphatic heterocycles. The predicted molar refractivity (Wildman–Crippen MR) is 72.0 cm³/mol. The van der Waals surface area contributed by atoms with E-state index in [9.17, 15) is 0 Å². The van der Waals surface area contributed by atoms with E-state index in [1.807, 2.05) is 11.3 Å². The number of rotatable bonds is 6. The molecular weight excluding hydrogens is 214 g/mol. The lowest BCUT2D eigenvalue weighted by Crippen LogP contribution is -2.25. The van der Waals surface area contributed by atoms with Crippen molar-refractivity contribution in [2.24, 2.45) is 11.8 Å². The summed E-state index contributed by atoms with van der Waals surface area (Å²) in [5, 5.41) is 5.57. The molecule has 1 aliphatic carbocycles. The molecular formula is C14H23NS. The standard InChI is InChI=1S/C14H23NS/c1-15-11-13(12-5-2-3-6-12)8-9-14-7-4-10-16-14/h4,7,10,12-13,15H,2-3,5-6,8-9,11H2,1H3. The van der Waals surface area contributed by atoms with Gasteiger partial charge >= 0.3 is 0 Å². The zero-order chi connectivity index (χ0) is 11.2. The van der Waals surface area contributed by atoms with Crippen LogP contribution in [0.2, 0.25) is 0 Å². The van der Waals surface area contributed by atoms with Gasteiger partial charge in [0.25, 0.3) is 0 Å². The van der Waals surface area contributed by atoms with Gasteiger partial charge in [0.1, 0.15) is 0 Å². The van der Waals surface area contributed by atoms with Gasteiger partial charge in [-0.25, -0.2) is 0 Å². The highest BCUT2D eigenvalue weighted by Gasteiger charge is 2.24. The minimum absolute atomic E-state index is 0.898. The number of hydrogen-bond donors (Lipinski definition) is 1. The predicted octanol–water partition coefficient (Wildman–Crippen LogP) is 3.71. The number of thiophene rings is 1. The van der Waals surface area contributed by atoms with Crippen molar-refractivity contribution in [3.8, 4) is 0 Å². The van der Waals surface area contributed by atoms with Crippen LogP contribution in [0.1, 0.15) is 37.0 Å². The summed E-state index contributed by atoms with van der Waals surface area (Å²) in [7, 11) is 2.09. The van der Waals surface area contributed by atoms with Crippen molar-refractivity contribution in [2.75, 3.05) is 13.6 Å². The van der Waals surface area contributed by atoms with Gasteiger partial charge in [-0.1, -0.05) is 31.7 Å². The van der Waals surface area contributed by atoms with Crippen LogP contribution in [0.15, 0.2) is 17.5 Å². The van der Waals surface area contributed by atoms with Gasteiger partial charge < -0.3 is 5.32 Å². The summed E-state index contributed by atoms with van der Waals surface area (Å²) in [5.41, 5.74) is 0. The van der Waals surface area contributed by atoms with Gasteiger partial charge in [0.2, 0.25) is 0 Å². The number of nitrogens with one attached hydrogen (secondary N) is 1. The summed E-state index contributed by atoms with van der Waals surface area (Å²) in [5.74, 6) is 1.89. The van der Waals surface area contributed by atoms with E-state index in [0.29, 0.717) is 0 Å². The molecule has 0 amide bonds. The summed E-state index contributed by atoms with van der Waals surface area (Å²) in [4.78, 5) is 1.55. The van der Waals surface area contributed by atoms with E-state index < -0.39 is 0 Å². The third-order valence-corrected chi connectivity index (χ3v) is 4.81. The van der Waals surface area contributed by atoms with Crippen LogP contribution in [0.4, 0.5) is 0 Å². The fourth-order valence-electron chi connectivity index (χ4n) is 2.98. The summed E-state index contributed by atoms with van der Waals surface area (Å²) in [6.45, 7) is 1.20. The first-order valence-corrected chi connectivity index (χ1v) is 7.45. The topological polar surface area (TPSA) is 12.0 Å². The fraction of sp³-hybridized carbons (Fsp3) is 0.714. The van der Waals surface area contributed by atoms with Gasteiger partial charge in [0, 0.05) is 4.88 Å². The Balaban J connectivity index is 1.82. The molecule has 1 unspecified atom stereocenters. The summed E-state index contributed by atoms with van der Waals surface area (Å²) < 4.78 is 0. The van der Waals surface area contributed by atoms with Gasteiger partial charge in [0.05, 0.1) is 0 Å². The van der Waals surface area contributed by atoms with Gasteiger partial charge in [-0.2, -0.15) is 0 Å². The van der Waals surface area contributed by atoms with Gasteiger partial charge in [-0.3, -0.25) is 0 Å². The molecule has 0 saturated heterocycles. The first-order chi connectivity index (χ1) is 7.90. The van der Waals surface area contributed by atoms with Crippen molar-refractivity contribution in [3.63, 3.8) is 0 Å². The minimum Gasteiger partial charge on any atom is -0.319 e. The molecule has 16 heavy (non-hydrogen) atoms. The van der Waals surface area contributed by atoms with E-state index >= 15 is 0 Å². The lowest BCUT2D eigenvalue weighted by molar-refractivity contribution is 0.312. The Morgan fingerprint density at radius 3 is 2.88 bits per heavy atom. The molecule has 0 radical (unpaired) electrons. The van der Waals surface area contributed by atoms with Crippen LogP contribution in [-0.4, -0.2) is 13.6 Å². The van der Waals surface area contributed by atoms with Crippen molar-refractivity contribution in [1.29, 1.82) is 0 Å². The molecule has 0 bridgehead atoms. The normalized spacial score (nSPS) is 19.1. The average Bonchev–Trinajstić information content (AvgIpc) is 2.96. The highest BCUT2D eigenvalue weighted by molar-refractivity contribution is 7.09. The molecule has 1 atom stereocenters. The second-order valence-corrected chi connectivity index (χ2v) is 6.01. The first kappa shape index (κ1) is 12.1. The Morgan fingerprint density at radius 1 is 1.44 bits per heavy atom. The van der Waals surface area contributed by atoms with Crippen molar-refractivity contribution >= 4 is 11.3 Å². The summed E-state index contributed by atoms with van der Waals surface area (Å²) in [6, 6.07) is 4.44. The first-order valence-electron chi connectivity index (χ1n) is 6.57. The maximum absolute atomic E-state index is 3.38. The van der Waals surface area contributed by atoms with Crippen LogP contribution in [0.25, 0.3) is 0 Å². The van der Waals surface area contributed by atoms with Gasteiger partial charge in [-0.15, -0.1) is 11.3 Å². The second kappa shape index (κ2) is 6.41. The Labute approximate surface area is 103 Å². The molecule has 1 saturated carbocycles. The third-order valence-electron chi connectivity index (χ3n) is 3.87. The smallest absolute Gasteiger partial charge is 0.00453 e. The monoisotopic (exact) mass is 237 g/mol. The zero-order valence-electron chi connectivity index (χ0n) is 10.2. The molecule has 1 aromatic rings. The Bertz CT molecular complexity index is 275. The Hall–Kier alpha value is -0.340. The van der Waals surface area contributed by atoms with E-state index in [1.165, 1.54) is 45.1 Å². The lowest BCUT2D eigenvalue weighted by atomic mass is 9.87. The average molecular weight is 237 g/mol. The molecule has 1 nitrogen and oxygen atoms in total. The molecule has 1 aromatic heterocycles. The number of aryl methyl sites for hydroxylation is 1. The van der Waals surface area contributed by atoms with Crippen LogP contribution < -0.4 is 5.32 Å². The van der Waals surface area contributed by atoms with E-state index in [2.05, 4.69) is 29.9 Å². The van der Waals surface area contributed by atoms with Crippen LogP contribution >= 0.6 is 11.3 Å². The minimum atomic E-state index is 0.898. The molecule has 1 heterocycles. The van der Waals surface area contributed by atoms with Crippen molar-refractivity contribution in [3.05, 3.63) is 22.4 Å². The van der Waals surface area contributed by atoms with Crippen molar-refractivity contribution in [2.45, 2.75) is 38.5 Å². The van der Waals surface area contributed by atoms with E-state index in [4.69, 9.17) is 0 Å². The molecule has 1 fully saturated rings. The third kappa shape index (κ3) is 3.33. The van der Waals surface area contributed by atoms with Crippen LogP contribution in [0.5, 0.6) is 0 Å². The number of hydrogen-bond acceptors (Lipinski definition) is 2. The van der Waals surface area contributed by atoms with Gasteiger partial charge in [-0.05, 0) is 49.7 Å². The molecule has 2 rings (SSSR count). The van der Waals surface area contributed by atoms with Gasteiger partial charge in [0.15, 0.2) is 0 Å².